The molecule has 34 heavy (non-hydrogen) atoms. The van der Waals surface area contributed by atoms with E-state index in [0.717, 1.165) is 9.82 Å². The van der Waals surface area contributed by atoms with Crippen LogP contribution in [0.3, 0.4) is 0 Å². The third-order valence-electron chi connectivity index (χ3n) is 4.96. The summed E-state index contributed by atoms with van der Waals surface area (Å²) in [6.07, 6.45) is 4.85. The Labute approximate surface area is 207 Å². The fraction of sp³-hybridized carbons (Fsp3) is 0.0909. The lowest BCUT2D eigenvalue weighted by molar-refractivity contribution is -0.135. The van der Waals surface area contributed by atoms with E-state index in [9.17, 15) is 22.5 Å². The van der Waals surface area contributed by atoms with Crippen molar-refractivity contribution in [1.29, 1.82) is 0 Å². The fourth-order valence-electron chi connectivity index (χ4n) is 3.41. The van der Waals surface area contributed by atoms with E-state index in [2.05, 4.69) is 4.98 Å². The maximum atomic E-state index is 13.3. The summed E-state index contributed by atoms with van der Waals surface area (Å²) in [5, 5.41) is 10.3. The van der Waals surface area contributed by atoms with Gasteiger partial charge in [-0.05, 0) is 54.6 Å². The van der Waals surface area contributed by atoms with Crippen molar-refractivity contribution in [3.8, 4) is 5.82 Å². The summed E-state index contributed by atoms with van der Waals surface area (Å²) >= 11 is 11.9. The smallest absolute Gasteiger partial charge is 0.324 e. The molecular weight excluding hydrogens is 521 g/mol. The summed E-state index contributed by atoms with van der Waals surface area (Å²) in [6.45, 7) is -0.796. The Balaban J connectivity index is 1.78. The standard InChI is InChI=1S/C22H17Cl2N3O5S2/c1-33(30)18-3-5-21(25-12-18)26-7-6-14-8-17(2-4-20(14)26)27(13-22(28)29)34(31,32)19-10-15(23)9-16(24)11-19/h2-12H,13H2,1H3,(H,28,29). The number of carboxylic acid groups (broad SMARTS) is 1. The van der Waals surface area contributed by atoms with Gasteiger partial charge in [-0.3, -0.25) is 13.3 Å². The Bertz CT molecular complexity index is 1520. The summed E-state index contributed by atoms with van der Waals surface area (Å²) in [7, 11) is -5.44. The Morgan fingerprint density at radius 3 is 2.38 bits per heavy atom. The van der Waals surface area contributed by atoms with Crippen LogP contribution in [-0.2, 0) is 25.6 Å². The first-order valence-electron chi connectivity index (χ1n) is 9.68. The molecule has 176 valence electrons. The Morgan fingerprint density at radius 2 is 1.79 bits per heavy atom. The topological polar surface area (TPSA) is 110 Å². The van der Waals surface area contributed by atoms with Crippen LogP contribution in [0.25, 0.3) is 16.7 Å². The largest absolute Gasteiger partial charge is 0.480 e. The number of hydrogen-bond donors (Lipinski definition) is 1. The van der Waals surface area contributed by atoms with Crippen LogP contribution in [0.5, 0.6) is 0 Å². The number of carboxylic acids is 1. The molecule has 0 radical (unpaired) electrons. The van der Waals surface area contributed by atoms with Gasteiger partial charge in [-0.25, -0.2) is 13.4 Å². The average Bonchev–Trinajstić information content (AvgIpc) is 3.20. The van der Waals surface area contributed by atoms with Crippen molar-refractivity contribution in [2.45, 2.75) is 9.79 Å². The second-order valence-corrected chi connectivity index (χ2v) is 11.4. The number of aromatic nitrogens is 2. The van der Waals surface area contributed by atoms with Crippen LogP contribution in [0.4, 0.5) is 5.69 Å². The van der Waals surface area contributed by atoms with Crippen LogP contribution < -0.4 is 4.31 Å². The van der Waals surface area contributed by atoms with Gasteiger partial charge in [0.05, 0.1) is 31.8 Å². The molecule has 0 saturated carbocycles. The van der Waals surface area contributed by atoms with Crippen molar-refractivity contribution in [1.82, 2.24) is 9.55 Å². The Hall–Kier alpha value is -2.92. The molecule has 8 nitrogen and oxygen atoms in total. The van der Waals surface area contributed by atoms with E-state index in [1.807, 2.05) is 0 Å². The molecule has 0 aliphatic carbocycles. The average molecular weight is 538 g/mol. The number of anilines is 1. The molecule has 0 bridgehead atoms. The molecule has 2 aromatic heterocycles. The first-order valence-corrected chi connectivity index (χ1v) is 13.4. The molecular formula is C22H17Cl2N3O5S2. The number of fused-ring (bicyclic) bond motifs is 1. The summed E-state index contributed by atoms with van der Waals surface area (Å²) < 4.78 is 40.8. The van der Waals surface area contributed by atoms with Crippen LogP contribution >= 0.6 is 23.2 Å². The Morgan fingerprint density at radius 1 is 1.09 bits per heavy atom. The minimum atomic E-state index is -4.29. The zero-order valence-corrected chi connectivity index (χ0v) is 20.7. The molecule has 2 heterocycles. The quantitative estimate of drug-likeness (QED) is 0.375. The van der Waals surface area contributed by atoms with Crippen LogP contribution in [0, 0.1) is 0 Å². The third-order valence-corrected chi connectivity index (χ3v) is 8.06. The lowest BCUT2D eigenvalue weighted by Crippen LogP contribution is -2.35. The molecule has 4 aromatic rings. The van der Waals surface area contributed by atoms with Gasteiger partial charge < -0.3 is 9.67 Å². The van der Waals surface area contributed by atoms with Crippen molar-refractivity contribution in [2.24, 2.45) is 0 Å². The van der Waals surface area contributed by atoms with E-state index < -0.39 is 33.3 Å². The fourth-order valence-corrected chi connectivity index (χ4v) is 6.01. The number of halogens is 2. The maximum absolute atomic E-state index is 13.3. The molecule has 1 N–H and O–H groups in total. The molecule has 12 heteroatoms. The van der Waals surface area contributed by atoms with Crippen LogP contribution in [0.1, 0.15) is 0 Å². The number of hydrogen-bond acceptors (Lipinski definition) is 5. The van der Waals surface area contributed by atoms with E-state index in [1.165, 1.54) is 30.5 Å². The van der Waals surface area contributed by atoms with E-state index in [-0.39, 0.29) is 20.6 Å². The second kappa shape index (κ2) is 9.38. The molecule has 1 unspecified atom stereocenters. The molecule has 0 saturated heterocycles. The van der Waals surface area contributed by atoms with Crippen molar-refractivity contribution in [2.75, 3.05) is 17.1 Å². The summed E-state index contributed by atoms with van der Waals surface area (Å²) in [4.78, 5) is 16.3. The number of benzene rings is 2. The van der Waals surface area contributed by atoms with Crippen molar-refractivity contribution in [3.05, 3.63) is 77.0 Å². The SMILES string of the molecule is CS(=O)c1ccc(-n2ccc3cc(N(CC(=O)O)S(=O)(=O)c4cc(Cl)cc(Cl)c4)ccc32)nc1. The van der Waals surface area contributed by atoms with Crippen molar-refractivity contribution in [3.63, 3.8) is 0 Å². The highest BCUT2D eigenvalue weighted by molar-refractivity contribution is 7.92. The molecule has 1 atom stereocenters. The van der Waals surface area contributed by atoms with Gasteiger partial charge in [-0.2, -0.15) is 0 Å². The van der Waals surface area contributed by atoms with E-state index in [1.54, 1.807) is 47.4 Å². The van der Waals surface area contributed by atoms with E-state index in [0.29, 0.717) is 16.1 Å². The van der Waals surface area contributed by atoms with Crippen molar-refractivity contribution < 1.29 is 22.5 Å². The first kappa shape index (κ1) is 24.2. The molecule has 0 fully saturated rings. The molecule has 0 aliphatic rings. The molecule has 0 amide bonds. The highest BCUT2D eigenvalue weighted by atomic mass is 35.5. The van der Waals surface area contributed by atoms with Gasteiger partial charge in [-0.15, -0.1) is 0 Å². The lowest BCUT2D eigenvalue weighted by atomic mass is 10.2. The van der Waals surface area contributed by atoms with E-state index >= 15 is 0 Å². The maximum Gasteiger partial charge on any atom is 0.324 e. The number of sulfonamides is 1. The number of carbonyl (C=O) groups is 1. The molecule has 2 aromatic carbocycles. The van der Waals surface area contributed by atoms with Crippen LogP contribution in [0.15, 0.2) is 76.8 Å². The minimum absolute atomic E-state index is 0.110. The monoisotopic (exact) mass is 537 g/mol. The number of pyridine rings is 1. The second-order valence-electron chi connectivity index (χ2n) is 7.25. The summed E-state index contributed by atoms with van der Waals surface area (Å²) in [5.41, 5.74) is 0.883. The number of aliphatic carboxylic acids is 1. The first-order chi connectivity index (χ1) is 16.1. The molecule has 0 spiro atoms. The lowest BCUT2D eigenvalue weighted by Gasteiger charge is -2.23. The zero-order chi connectivity index (χ0) is 24.6. The zero-order valence-electron chi connectivity index (χ0n) is 17.6. The molecule has 0 aliphatic heterocycles. The Kier molecular flexibility index (Phi) is 6.68. The van der Waals surface area contributed by atoms with Gasteiger partial charge in [0.15, 0.2) is 0 Å². The number of rotatable bonds is 7. The van der Waals surface area contributed by atoms with Gasteiger partial charge in [0.1, 0.15) is 12.4 Å². The normalized spacial score (nSPS) is 12.6. The molecule has 4 rings (SSSR count). The van der Waals surface area contributed by atoms with E-state index in [4.69, 9.17) is 23.2 Å². The highest BCUT2D eigenvalue weighted by Crippen LogP contribution is 2.31. The van der Waals surface area contributed by atoms with Gasteiger partial charge in [0.25, 0.3) is 10.0 Å². The minimum Gasteiger partial charge on any atom is -0.480 e. The van der Waals surface area contributed by atoms with Gasteiger partial charge in [0, 0.05) is 34.1 Å². The highest BCUT2D eigenvalue weighted by Gasteiger charge is 2.28. The van der Waals surface area contributed by atoms with Crippen LogP contribution in [0.2, 0.25) is 10.0 Å². The van der Waals surface area contributed by atoms with Gasteiger partial charge >= 0.3 is 5.97 Å². The third kappa shape index (κ3) is 4.80. The number of nitrogens with zero attached hydrogens (tertiary/aromatic N) is 3. The van der Waals surface area contributed by atoms with Gasteiger partial charge in [-0.1, -0.05) is 23.2 Å². The summed E-state index contributed by atoms with van der Waals surface area (Å²) in [5.74, 6) is -0.743. The predicted molar refractivity (Wildman–Crippen MR) is 132 cm³/mol. The van der Waals surface area contributed by atoms with Crippen LogP contribution in [-0.4, -0.2) is 46.1 Å². The predicted octanol–water partition coefficient (Wildman–Crippen LogP) is 4.35. The summed E-state index contributed by atoms with van der Waals surface area (Å²) in [6, 6.07) is 13.8. The van der Waals surface area contributed by atoms with Crippen molar-refractivity contribution >= 4 is 66.6 Å². The van der Waals surface area contributed by atoms with Gasteiger partial charge in [0.2, 0.25) is 0 Å².